The number of nitrogens with zero attached hydrogens (tertiary/aromatic N) is 1. The van der Waals surface area contributed by atoms with Crippen LogP contribution in [0.3, 0.4) is 0 Å². The molecule has 0 aromatic heterocycles. The van der Waals surface area contributed by atoms with Crippen molar-refractivity contribution in [2.24, 2.45) is 0 Å². The van der Waals surface area contributed by atoms with Gasteiger partial charge in [-0.2, -0.15) is 5.26 Å². The monoisotopic (exact) mass is 56.0 g/mol. The van der Waals surface area contributed by atoms with Gasteiger partial charge in [0.05, 0.1) is 6.07 Å². The molecule has 0 saturated carbocycles. The van der Waals surface area contributed by atoms with Gasteiger partial charge < -0.3 is 0 Å². The Kier molecular flexibility index (Phi) is 1.11. The second-order valence-corrected chi connectivity index (χ2v) is 0.418. The highest BCUT2D eigenvalue weighted by atomic mass is 14.2. The van der Waals surface area contributed by atoms with E-state index in [0.29, 0.717) is 0 Å². The molecule has 0 N–H and O–H groups in total. The molecule has 4 heavy (non-hydrogen) atoms. The maximum atomic E-state index is 7.71. The zero-order chi connectivity index (χ0) is 4.28. The average molecular weight is 56.1 g/mol. The molecule has 0 bridgehead atoms. The lowest BCUT2D eigenvalue weighted by Gasteiger charge is -1.47. The molecular formula is C3H5N. The lowest BCUT2D eigenvalue weighted by Crippen LogP contribution is -1.38. The summed E-state index contributed by atoms with van der Waals surface area (Å²) in [6.07, 6.45) is -0.560. The Bertz CT molecular complexity index is 52.4. The van der Waals surface area contributed by atoms with Crippen LogP contribution in [0, 0.1) is 11.3 Å². The highest BCUT2D eigenvalue weighted by molar-refractivity contribution is 4.61. The molecule has 0 amide bonds. The van der Waals surface area contributed by atoms with Crippen LogP contribution in [0.2, 0.25) is 0 Å². The summed E-state index contributed by atoms with van der Waals surface area (Å²) in [6.45, 7) is 1.53. The normalized spacial score (nSPS) is 16.5. The lowest BCUT2D eigenvalue weighted by molar-refractivity contribution is 1.22. The van der Waals surface area contributed by atoms with Crippen LogP contribution in [0.5, 0.6) is 0 Å². The minimum absolute atomic E-state index is 0.560. The van der Waals surface area contributed by atoms with Crippen LogP contribution >= 0.6 is 0 Å². The van der Waals surface area contributed by atoms with E-state index in [2.05, 4.69) is 0 Å². The van der Waals surface area contributed by atoms with Gasteiger partial charge in [-0.05, 0) is 0 Å². The third kappa shape index (κ3) is 1.49. The zero-order valence-corrected chi connectivity index (χ0v) is 2.52. The van der Waals surface area contributed by atoms with Crippen LogP contribution in [0.4, 0.5) is 0 Å². The highest BCUT2D eigenvalue weighted by Gasteiger charge is 1.49. The second-order valence-electron chi connectivity index (χ2n) is 0.418. The molecule has 0 rings (SSSR count). The molecule has 1 heteroatoms. The quantitative estimate of drug-likeness (QED) is 0.405. The smallest absolute Gasteiger partial charge is 0.0618 e. The molecule has 0 aromatic carbocycles. The number of rotatable bonds is 0. The van der Waals surface area contributed by atoms with E-state index in [-0.39, 0.29) is 0 Å². The third-order valence-corrected chi connectivity index (χ3v) is 0.129. The minimum atomic E-state index is -0.560. The number of hydrogen-bond donors (Lipinski definition) is 0. The fourth-order valence-electron chi connectivity index (χ4n) is 0. The molecule has 0 unspecified atom stereocenters. The SMILES string of the molecule is [2H][C@@H](C)C#N. The van der Waals surface area contributed by atoms with E-state index in [1.165, 1.54) is 6.92 Å². The molecule has 1 nitrogen and oxygen atoms in total. The van der Waals surface area contributed by atoms with Crippen molar-refractivity contribution in [1.82, 2.24) is 0 Å². The number of hydrogen-bond acceptors (Lipinski definition) is 1. The van der Waals surface area contributed by atoms with Crippen molar-refractivity contribution in [3.8, 4) is 6.07 Å². The predicted molar refractivity (Wildman–Crippen MR) is 15.9 cm³/mol. The van der Waals surface area contributed by atoms with Crippen LogP contribution in [0.25, 0.3) is 0 Å². The van der Waals surface area contributed by atoms with Crippen LogP contribution < -0.4 is 0 Å². The Hall–Kier alpha value is -0.510. The average Bonchev–Trinajstić information content (AvgIpc) is 1.38. The van der Waals surface area contributed by atoms with E-state index in [0.717, 1.165) is 0 Å². The van der Waals surface area contributed by atoms with E-state index >= 15 is 0 Å². The summed E-state index contributed by atoms with van der Waals surface area (Å²) >= 11 is 0. The molecular weight excluding hydrogens is 50.0 g/mol. The van der Waals surface area contributed by atoms with Crippen LogP contribution in [-0.4, -0.2) is 0 Å². The summed E-state index contributed by atoms with van der Waals surface area (Å²) in [4.78, 5) is 0. The van der Waals surface area contributed by atoms with Crippen molar-refractivity contribution in [2.75, 3.05) is 0 Å². The van der Waals surface area contributed by atoms with E-state index in [4.69, 9.17) is 6.63 Å². The van der Waals surface area contributed by atoms with Gasteiger partial charge in [-0.15, -0.1) is 0 Å². The maximum Gasteiger partial charge on any atom is 0.0618 e. The van der Waals surface area contributed by atoms with Crippen molar-refractivity contribution in [3.05, 3.63) is 0 Å². The van der Waals surface area contributed by atoms with Gasteiger partial charge >= 0.3 is 0 Å². The molecule has 1 atom stereocenters. The van der Waals surface area contributed by atoms with Crippen molar-refractivity contribution in [3.63, 3.8) is 0 Å². The Balaban J connectivity index is 2.94. The Labute approximate surface area is 27.3 Å². The van der Waals surface area contributed by atoms with Crippen LogP contribution in [0.1, 0.15) is 14.7 Å². The molecule has 0 radical (unpaired) electrons. The van der Waals surface area contributed by atoms with E-state index in [1.807, 2.05) is 0 Å². The predicted octanol–water partition coefficient (Wildman–Crippen LogP) is 0.920. The zero-order valence-electron chi connectivity index (χ0n) is 3.52. The first kappa shape index (κ1) is 1.78. The fraction of sp³-hybridized carbons (Fsp3) is 0.667. The molecule has 0 fully saturated rings. The summed E-state index contributed by atoms with van der Waals surface area (Å²) in [5.74, 6) is 0. The van der Waals surface area contributed by atoms with Crippen molar-refractivity contribution < 1.29 is 1.37 Å². The molecule has 0 heterocycles. The van der Waals surface area contributed by atoms with Gasteiger partial charge in [-0.3, -0.25) is 0 Å². The fourth-order valence-corrected chi connectivity index (χ4v) is 0. The Morgan fingerprint density at radius 2 is 2.75 bits per heavy atom. The standard InChI is InChI=1S/C3H5N/c1-2-3-4/h2H2,1H3/i2D/t2-/m0/s1. The molecule has 0 saturated heterocycles. The number of nitriles is 1. The van der Waals surface area contributed by atoms with Crippen LogP contribution in [-0.2, 0) is 0 Å². The minimum Gasteiger partial charge on any atom is -0.198 e. The van der Waals surface area contributed by atoms with Crippen LogP contribution in [0.15, 0.2) is 0 Å². The van der Waals surface area contributed by atoms with Crippen molar-refractivity contribution >= 4 is 0 Å². The van der Waals surface area contributed by atoms with Gasteiger partial charge in [0.1, 0.15) is 0 Å². The lowest BCUT2D eigenvalue weighted by atomic mass is 10.6. The summed E-state index contributed by atoms with van der Waals surface area (Å²) in [6, 6.07) is 1.69. The Morgan fingerprint density at radius 1 is 2.50 bits per heavy atom. The summed E-state index contributed by atoms with van der Waals surface area (Å²) < 4.78 is 6.47. The van der Waals surface area contributed by atoms with Crippen molar-refractivity contribution in [2.45, 2.75) is 13.3 Å². The summed E-state index contributed by atoms with van der Waals surface area (Å²) in [5.41, 5.74) is 0. The third-order valence-electron chi connectivity index (χ3n) is 0.129. The van der Waals surface area contributed by atoms with Gasteiger partial charge in [0.2, 0.25) is 0 Å². The van der Waals surface area contributed by atoms with Gasteiger partial charge in [-0.1, -0.05) is 6.92 Å². The van der Waals surface area contributed by atoms with Gasteiger partial charge in [-0.25, -0.2) is 0 Å². The molecule has 0 aliphatic carbocycles. The topological polar surface area (TPSA) is 23.8 Å². The van der Waals surface area contributed by atoms with E-state index in [1.54, 1.807) is 6.07 Å². The van der Waals surface area contributed by atoms with E-state index in [9.17, 15) is 0 Å². The van der Waals surface area contributed by atoms with Gasteiger partial charge in [0.15, 0.2) is 0 Å². The largest absolute Gasteiger partial charge is 0.198 e. The molecule has 0 aliphatic heterocycles. The Morgan fingerprint density at radius 3 is 2.75 bits per heavy atom. The van der Waals surface area contributed by atoms with Gasteiger partial charge in [0.25, 0.3) is 0 Å². The highest BCUT2D eigenvalue weighted by Crippen LogP contribution is 1.58. The van der Waals surface area contributed by atoms with Crippen molar-refractivity contribution in [1.29, 1.82) is 5.26 Å². The van der Waals surface area contributed by atoms with Gasteiger partial charge in [0, 0.05) is 7.77 Å². The second kappa shape index (κ2) is 2.49. The summed E-state index contributed by atoms with van der Waals surface area (Å²) in [5, 5.41) is 7.71. The first-order valence-corrected chi connectivity index (χ1v) is 1.09. The first-order chi connectivity index (χ1) is 2.27. The summed E-state index contributed by atoms with van der Waals surface area (Å²) in [7, 11) is 0. The molecule has 0 aromatic rings. The molecule has 0 spiro atoms. The first-order valence-electron chi connectivity index (χ1n) is 1.67. The molecule has 22 valence electrons. The van der Waals surface area contributed by atoms with E-state index < -0.39 is 6.40 Å². The molecule has 0 aliphatic rings. The maximum absolute atomic E-state index is 7.71.